The third kappa shape index (κ3) is 3.09. The first-order valence-corrected chi connectivity index (χ1v) is 11.0. The van der Waals surface area contributed by atoms with E-state index >= 15 is 0 Å². The van der Waals surface area contributed by atoms with Gasteiger partial charge >= 0.3 is 0 Å². The molecule has 6 nitrogen and oxygen atoms in total. The highest BCUT2D eigenvalue weighted by Gasteiger charge is 2.33. The molecule has 3 aromatic rings. The van der Waals surface area contributed by atoms with E-state index in [-0.39, 0.29) is 11.9 Å². The highest BCUT2D eigenvalue weighted by Crippen LogP contribution is 2.40. The van der Waals surface area contributed by atoms with E-state index in [1.807, 2.05) is 11.8 Å². The predicted molar refractivity (Wildman–Crippen MR) is 112 cm³/mol. The molecular formula is C20H23N3O3S2. The Morgan fingerprint density at radius 1 is 1.36 bits per heavy atom. The number of amides is 1. The van der Waals surface area contributed by atoms with Crippen LogP contribution in [0.15, 0.2) is 11.4 Å². The van der Waals surface area contributed by atoms with E-state index in [4.69, 9.17) is 9.47 Å². The lowest BCUT2D eigenvalue weighted by atomic mass is 9.97. The number of hydrogen-bond acceptors (Lipinski definition) is 7. The van der Waals surface area contributed by atoms with Gasteiger partial charge in [0.05, 0.1) is 23.4 Å². The fraction of sp³-hybridized carbons (Fsp3) is 0.450. The molecule has 28 heavy (non-hydrogen) atoms. The first-order chi connectivity index (χ1) is 13.6. The summed E-state index contributed by atoms with van der Waals surface area (Å²) in [7, 11) is 3.20. The van der Waals surface area contributed by atoms with E-state index < -0.39 is 0 Å². The molecule has 4 rings (SSSR count). The third-order valence-electron chi connectivity index (χ3n) is 5.21. The maximum atomic E-state index is 13.5. The number of ether oxygens (including phenoxy) is 2. The number of fused-ring (bicyclic) bond motifs is 2. The van der Waals surface area contributed by atoms with Gasteiger partial charge in [-0.1, -0.05) is 6.92 Å². The summed E-state index contributed by atoms with van der Waals surface area (Å²) in [5.74, 6) is 1.12. The first kappa shape index (κ1) is 19.3. The number of nitrogens with zero attached hydrogens (tertiary/aromatic N) is 3. The SMILES string of the molecule is CCC1c2ccsc2CCN1C(=O)c1sc2nc(COC)nc(OC)c2c1C. The molecule has 4 heterocycles. The molecule has 0 aromatic carbocycles. The minimum atomic E-state index is 0.0690. The minimum Gasteiger partial charge on any atom is -0.480 e. The summed E-state index contributed by atoms with van der Waals surface area (Å²) in [6, 6.07) is 2.29. The van der Waals surface area contributed by atoms with Crippen molar-refractivity contribution in [3.63, 3.8) is 0 Å². The Bertz CT molecular complexity index is 1030. The van der Waals surface area contributed by atoms with Gasteiger partial charge in [-0.15, -0.1) is 22.7 Å². The van der Waals surface area contributed by atoms with Crippen LogP contribution in [-0.2, 0) is 17.8 Å². The van der Waals surface area contributed by atoms with Crippen molar-refractivity contribution in [2.45, 2.75) is 39.3 Å². The van der Waals surface area contributed by atoms with Crippen molar-refractivity contribution in [1.29, 1.82) is 0 Å². The van der Waals surface area contributed by atoms with E-state index in [2.05, 4.69) is 28.3 Å². The Labute approximate surface area is 172 Å². The molecule has 1 unspecified atom stereocenters. The molecule has 0 spiro atoms. The maximum Gasteiger partial charge on any atom is 0.264 e. The van der Waals surface area contributed by atoms with E-state index in [9.17, 15) is 4.79 Å². The van der Waals surface area contributed by atoms with Crippen LogP contribution in [0.25, 0.3) is 10.2 Å². The van der Waals surface area contributed by atoms with E-state index in [0.29, 0.717) is 23.2 Å². The van der Waals surface area contributed by atoms with Gasteiger partial charge in [0, 0.05) is 18.5 Å². The Morgan fingerprint density at radius 2 is 2.18 bits per heavy atom. The Kier molecular flexibility index (Phi) is 5.35. The molecule has 1 aliphatic heterocycles. The number of aryl methyl sites for hydroxylation is 1. The fourth-order valence-electron chi connectivity index (χ4n) is 3.90. The molecule has 0 saturated heterocycles. The van der Waals surface area contributed by atoms with Crippen molar-refractivity contribution in [3.8, 4) is 5.88 Å². The highest BCUT2D eigenvalue weighted by atomic mass is 32.1. The summed E-state index contributed by atoms with van der Waals surface area (Å²) in [5, 5.41) is 2.95. The second kappa shape index (κ2) is 7.77. The highest BCUT2D eigenvalue weighted by molar-refractivity contribution is 7.20. The van der Waals surface area contributed by atoms with Crippen molar-refractivity contribution < 1.29 is 14.3 Å². The molecule has 3 aromatic heterocycles. The van der Waals surface area contributed by atoms with Crippen molar-refractivity contribution in [2.75, 3.05) is 20.8 Å². The van der Waals surface area contributed by atoms with Crippen molar-refractivity contribution in [3.05, 3.63) is 38.2 Å². The predicted octanol–water partition coefficient (Wildman–Crippen LogP) is 4.37. The number of rotatable bonds is 5. The summed E-state index contributed by atoms with van der Waals surface area (Å²) in [6.07, 6.45) is 1.82. The van der Waals surface area contributed by atoms with Crippen molar-refractivity contribution >= 4 is 38.8 Å². The smallest absolute Gasteiger partial charge is 0.264 e. The van der Waals surface area contributed by atoms with Crippen LogP contribution in [0, 0.1) is 6.92 Å². The fourth-order valence-corrected chi connectivity index (χ4v) is 5.97. The van der Waals surface area contributed by atoms with Crippen LogP contribution in [0.2, 0.25) is 0 Å². The van der Waals surface area contributed by atoms with Crippen LogP contribution in [0.1, 0.15) is 50.9 Å². The van der Waals surface area contributed by atoms with E-state index in [0.717, 1.165) is 35.2 Å². The zero-order chi connectivity index (χ0) is 19.8. The normalized spacial score (nSPS) is 16.4. The molecule has 0 aliphatic carbocycles. The lowest BCUT2D eigenvalue weighted by molar-refractivity contribution is 0.0662. The Balaban J connectivity index is 1.76. The lowest BCUT2D eigenvalue weighted by Crippen LogP contribution is -2.39. The molecule has 0 fully saturated rings. The molecule has 0 bridgehead atoms. The number of carbonyl (C=O) groups excluding carboxylic acids is 1. The van der Waals surface area contributed by atoms with E-state index in [1.165, 1.54) is 21.8 Å². The molecule has 0 N–H and O–H groups in total. The second-order valence-corrected chi connectivity index (χ2v) is 8.79. The topological polar surface area (TPSA) is 64.6 Å². The van der Waals surface area contributed by atoms with Gasteiger partial charge < -0.3 is 14.4 Å². The summed E-state index contributed by atoms with van der Waals surface area (Å²) in [6.45, 7) is 5.14. The summed E-state index contributed by atoms with van der Waals surface area (Å²) in [4.78, 5) is 27.4. The number of thiophene rings is 2. The maximum absolute atomic E-state index is 13.5. The largest absolute Gasteiger partial charge is 0.480 e. The zero-order valence-electron chi connectivity index (χ0n) is 16.4. The van der Waals surface area contributed by atoms with Crippen LogP contribution >= 0.6 is 22.7 Å². The van der Waals surface area contributed by atoms with Gasteiger partial charge in [-0.3, -0.25) is 4.79 Å². The van der Waals surface area contributed by atoms with Gasteiger partial charge in [0.1, 0.15) is 11.4 Å². The summed E-state index contributed by atoms with van der Waals surface area (Å²) < 4.78 is 10.6. The molecule has 1 atom stereocenters. The van der Waals surface area contributed by atoms with Crippen molar-refractivity contribution in [2.24, 2.45) is 0 Å². The molecule has 1 amide bonds. The first-order valence-electron chi connectivity index (χ1n) is 9.29. The van der Waals surface area contributed by atoms with Crippen LogP contribution in [-0.4, -0.2) is 41.5 Å². The van der Waals surface area contributed by atoms with E-state index in [1.54, 1.807) is 25.6 Å². The van der Waals surface area contributed by atoms with Crippen molar-refractivity contribution in [1.82, 2.24) is 14.9 Å². The number of methoxy groups -OCH3 is 2. The second-order valence-electron chi connectivity index (χ2n) is 6.79. The Morgan fingerprint density at radius 3 is 2.89 bits per heavy atom. The van der Waals surface area contributed by atoms with Gasteiger partial charge in [0.2, 0.25) is 5.88 Å². The van der Waals surface area contributed by atoms with Gasteiger partial charge in [0.25, 0.3) is 5.91 Å². The average molecular weight is 418 g/mol. The van der Waals surface area contributed by atoms with Crippen LogP contribution < -0.4 is 4.74 Å². The number of carbonyl (C=O) groups is 1. The minimum absolute atomic E-state index is 0.0690. The van der Waals surface area contributed by atoms with Crippen LogP contribution in [0.5, 0.6) is 5.88 Å². The summed E-state index contributed by atoms with van der Waals surface area (Å²) >= 11 is 3.21. The van der Waals surface area contributed by atoms with Gasteiger partial charge in [-0.2, -0.15) is 4.98 Å². The zero-order valence-corrected chi connectivity index (χ0v) is 18.1. The molecule has 8 heteroatoms. The Hall–Kier alpha value is -2.03. The molecular weight excluding hydrogens is 394 g/mol. The number of hydrogen-bond donors (Lipinski definition) is 0. The standard InChI is InChI=1S/C20H23N3O3S2/c1-5-13-12-7-9-27-14(12)6-8-23(13)20(24)17-11(2)16-18(26-4)21-15(10-25-3)22-19(16)28-17/h7,9,13H,5-6,8,10H2,1-4H3. The van der Waals surface area contributed by atoms with Crippen LogP contribution in [0.4, 0.5) is 0 Å². The number of aromatic nitrogens is 2. The quantitative estimate of drug-likeness (QED) is 0.617. The molecule has 0 saturated carbocycles. The average Bonchev–Trinajstić information content (AvgIpc) is 3.31. The lowest BCUT2D eigenvalue weighted by Gasteiger charge is -2.35. The molecule has 1 aliphatic rings. The molecule has 148 valence electrons. The third-order valence-corrected chi connectivity index (χ3v) is 7.38. The van der Waals surface area contributed by atoms with Crippen LogP contribution in [0.3, 0.4) is 0 Å². The molecule has 0 radical (unpaired) electrons. The van der Waals surface area contributed by atoms with Gasteiger partial charge in [-0.25, -0.2) is 4.98 Å². The monoisotopic (exact) mass is 417 g/mol. The van der Waals surface area contributed by atoms with Gasteiger partial charge in [-0.05, 0) is 42.3 Å². The van der Waals surface area contributed by atoms with Gasteiger partial charge in [0.15, 0.2) is 5.82 Å². The summed E-state index contributed by atoms with van der Waals surface area (Å²) in [5.41, 5.74) is 2.18.